The number of halogens is 1. The molecule has 0 saturated heterocycles. The summed E-state index contributed by atoms with van der Waals surface area (Å²) in [6.07, 6.45) is 0. The fourth-order valence-corrected chi connectivity index (χ4v) is 1.88. The second kappa shape index (κ2) is 6.82. The summed E-state index contributed by atoms with van der Waals surface area (Å²) in [5.74, 6) is -0.922. The number of phenols is 1. The lowest BCUT2D eigenvalue weighted by molar-refractivity contribution is 0.0845. The Morgan fingerprint density at radius 3 is 2.55 bits per heavy atom. The third-order valence-corrected chi connectivity index (χ3v) is 3.06. The molecule has 2 aromatic rings. The Kier molecular flexibility index (Phi) is 4.85. The number of carbonyl (C=O) groups excluding carboxylic acids is 2. The first kappa shape index (κ1) is 15.7. The van der Waals surface area contributed by atoms with Gasteiger partial charge in [-0.15, -0.1) is 0 Å². The molecule has 22 heavy (non-hydrogen) atoms. The molecule has 0 heterocycles. The second-order valence-electron chi connectivity index (χ2n) is 4.30. The average Bonchev–Trinajstić information content (AvgIpc) is 2.54. The molecule has 2 amide bonds. The number of benzene rings is 2. The Balaban J connectivity index is 2.04. The summed E-state index contributed by atoms with van der Waals surface area (Å²) in [7, 11) is 1.49. The normalized spacial score (nSPS) is 9.91. The number of ether oxygens (including phenoxy) is 1. The smallest absolute Gasteiger partial charge is 0.273 e. The van der Waals surface area contributed by atoms with E-state index in [9.17, 15) is 14.7 Å². The summed E-state index contributed by atoms with van der Waals surface area (Å²) < 4.78 is 5.01. The molecule has 0 aliphatic rings. The molecule has 0 saturated carbocycles. The van der Waals surface area contributed by atoms with E-state index < -0.39 is 11.8 Å². The van der Waals surface area contributed by atoms with Gasteiger partial charge in [0.25, 0.3) is 11.8 Å². The summed E-state index contributed by atoms with van der Waals surface area (Å²) in [6, 6.07) is 10.5. The maximum absolute atomic E-state index is 11.9. The molecule has 7 heteroatoms. The van der Waals surface area contributed by atoms with Crippen molar-refractivity contribution in [2.75, 3.05) is 7.11 Å². The van der Waals surface area contributed by atoms with Gasteiger partial charge in [0.15, 0.2) is 0 Å². The van der Waals surface area contributed by atoms with Crippen LogP contribution in [0.3, 0.4) is 0 Å². The van der Waals surface area contributed by atoms with Crippen molar-refractivity contribution in [1.82, 2.24) is 10.9 Å². The summed E-state index contributed by atoms with van der Waals surface area (Å²) in [5, 5.41) is 9.90. The zero-order valence-electron chi connectivity index (χ0n) is 11.6. The van der Waals surface area contributed by atoms with Crippen LogP contribution in [0.25, 0.3) is 0 Å². The minimum Gasteiger partial charge on any atom is -0.507 e. The van der Waals surface area contributed by atoms with Crippen LogP contribution in [-0.2, 0) is 0 Å². The van der Waals surface area contributed by atoms with Crippen molar-refractivity contribution in [1.29, 1.82) is 0 Å². The number of hydrazine groups is 1. The summed E-state index contributed by atoms with van der Waals surface area (Å²) in [6.45, 7) is 0. The molecule has 0 aliphatic heterocycles. The molecule has 0 atom stereocenters. The highest BCUT2D eigenvalue weighted by Crippen LogP contribution is 2.21. The van der Waals surface area contributed by atoms with E-state index in [1.807, 2.05) is 0 Å². The SMILES string of the molecule is COc1cccc(C(=O)NNC(=O)c2cc(Cl)ccc2O)c1. The van der Waals surface area contributed by atoms with Gasteiger partial charge in [-0.05, 0) is 36.4 Å². The largest absolute Gasteiger partial charge is 0.507 e. The van der Waals surface area contributed by atoms with E-state index in [2.05, 4.69) is 10.9 Å². The number of carbonyl (C=O) groups is 2. The van der Waals surface area contributed by atoms with Crippen LogP contribution in [0.2, 0.25) is 5.02 Å². The second-order valence-corrected chi connectivity index (χ2v) is 4.74. The first-order valence-corrected chi connectivity index (χ1v) is 6.62. The maximum atomic E-state index is 11.9. The van der Waals surface area contributed by atoms with Crippen LogP contribution in [0.4, 0.5) is 0 Å². The first-order chi connectivity index (χ1) is 10.5. The number of methoxy groups -OCH3 is 1. The van der Waals surface area contributed by atoms with Gasteiger partial charge < -0.3 is 9.84 Å². The molecule has 2 rings (SSSR count). The zero-order valence-corrected chi connectivity index (χ0v) is 12.3. The van der Waals surface area contributed by atoms with Crippen LogP contribution in [0.5, 0.6) is 11.5 Å². The number of phenolic OH excluding ortho intramolecular Hbond substituents is 1. The van der Waals surface area contributed by atoms with Crippen molar-refractivity contribution in [3.8, 4) is 11.5 Å². The Hall–Kier alpha value is -2.73. The highest BCUT2D eigenvalue weighted by molar-refractivity contribution is 6.31. The van der Waals surface area contributed by atoms with Crippen LogP contribution in [0.15, 0.2) is 42.5 Å². The molecule has 6 nitrogen and oxygen atoms in total. The lowest BCUT2D eigenvalue weighted by Gasteiger charge is -2.09. The molecular weight excluding hydrogens is 308 g/mol. The molecule has 114 valence electrons. The van der Waals surface area contributed by atoms with Crippen LogP contribution < -0.4 is 15.6 Å². The van der Waals surface area contributed by atoms with Gasteiger partial charge in [-0.2, -0.15) is 0 Å². The lowest BCUT2D eigenvalue weighted by Crippen LogP contribution is -2.41. The quantitative estimate of drug-likeness (QED) is 0.756. The molecular formula is C15H13ClN2O4. The Morgan fingerprint density at radius 1 is 1.09 bits per heavy atom. The van der Waals surface area contributed by atoms with Gasteiger partial charge in [0.2, 0.25) is 0 Å². The topological polar surface area (TPSA) is 87.7 Å². The highest BCUT2D eigenvalue weighted by Gasteiger charge is 2.13. The number of hydrogen-bond donors (Lipinski definition) is 3. The Labute approximate surface area is 131 Å². The van der Waals surface area contributed by atoms with Crippen molar-refractivity contribution < 1.29 is 19.4 Å². The standard InChI is InChI=1S/C15H13ClN2O4/c1-22-11-4-2-3-9(7-11)14(20)17-18-15(21)12-8-10(16)5-6-13(12)19/h2-8,19H,1H3,(H,17,20)(H,18,21). The zero-order chi connectivity index (χ0) is 16.1. The number of rotatable bonds is 3. The highest BCUT2D eigenvalue weighted by atomic mass is 35.5. The van der Waals surface area contributed by atoms with Gasteiger partial charge in [0, 0.05) is 10.6 Å². The number of hydrogen-bond acceptors (Lipinski definition) is 4. The van der Waals surface area contributed by atoms with Crippen molar-refractivity contribution >= 4 is 23.4 Å². The van der Waals surface area contributed by atoms with Gasteiger partial charge in [0.05, 0.1) is 12.7 Å². The fourth-order valence-electron chi connectivity index (χ4n) is 1.71. The van der Waals surface area contributed by atoms with Gasteiger partial charge in [-0.25, -0.2) is 0 Å². The van der Waals surface area contributed by atoms with Crippen LogP contribution in [-0.4, -0.2) is 24.0 Å². The fraction of sp³-hybridized carbons (Fsp3) is 0.0667. The predicted octanol–water partition coefficient (Wildman–Crippen LogP) is 2.13. The molecule has 0 bridgehead atoms. The molecule has 3 N–H and O–H groups in total. The van der Waals surface area contributed by atoms with Gasteiger partial charge in [-0.3, -0.25) is 20.4 Å². The average molecular weight is 321 g/mol. The molecule has 2 aromatic carbocycles. The van der Waals surface area contributed by atoms with E-state index >= 15 is 0 Å². The number of aromatic hydroxyl groups is 1. The molecule has 0 spiro atoms. The molecule has 0 aliphatic carbocycles. The predicted molar refractivity (Wildman–Crippen MR) is 81.0 cm³/mol. The molecule has 0 aromatic heterocycles. The Bertz CT molecular complexity index is 718. The lowest BCUT2D eigenvalue weighted by atomic mass is 10.2. The number of nitrogens with one attached hydrogen (secondary N) is 2. The van der Waals surface area contributed by atoms with Crippen molar-refractivity contribution in [2.45, 2.75) is 0 Å². The molecule has 0 fully saturated rings. The van der Waals surface area contributed by atoms with Crippen molar-refractivity contribution in [2.24, 2.45) is 0 Å². The van der Waals surface area contributed by atoms with E-state index in [1.165, 1.54) is 31.4 Å². The number of amides is 2. The van der Waals surface area contributed by atoms with Crippen molar-refractivity contribution in [3.05, 3.63) is 58.6 Å². The van der Waals surface area contributed by atoms with Gasteiger partial charge >= 0.3 is 0 Å². The third kappa shape index (κ3) is 3.67. The summed E-state index contributed by atoms with van der Waals surface area (Å²) >= 11 is 5.76. The maximum Gasteiger partial charge on any atom is 0.273 e. The monoisotopic (exact) mass is 320 g/mol. The Morgan fingerprint density at radius 2 is 1.82 bits per heavy atom. The van der Waals surface area contributed by atoms with E-state index in [0.29, 0.717) is 16.3 Å². The van der Waals surface area contributed by atoms with Gasteiger partial charge in [0.1, 0.15) is 11.5 Å². The van der Waals surface area contributed by atoms with E-state index in [4.69, 9.17) is 16.3 Å². The van der Waals surface area contributed by atoms with Crippen molar-refractivity contribution in [3.63, 3.8) is 0 Å². The van der Waals surface area contributed by atoms with E-state index in [-0.39, 0.29) is 11.3 Å². The van der Waals surface area contributed by atoms with Gasteiger partial charge in [-0.1, -0.05) is 17.7 Å². The van der Waals surface area contributed by atoms with E-state index in [1.54, 1.807) is 18.2 Å². The van der Waals surface area contributed by atoms with Crippen LogP contribution in [0, 0.1) is 0 Å². The molecule has 0 unspecified atom stereocenters. The van der Waals surface area contributed by atoms with Crippen LogP contribution in [0.1, 0.15) is 20.7 Å². The minimum absolute atomic E-state index is 0.0431. The first-order valence-electron chi connectivity index (χ1n) is 6.24. The third-order valence-electron chi connectivity index (χ3n) is 2.82. The van der Waals surface area contributed by atoms with Crippen LogP contribution >= 0.6 is 11.6 Å². The minimum atomic E-state index is -0.684. The summed E-state index contributed by atoms with van der Waals surface area (Å²) in [4.78, 5) is 23.8. The van der Waals surface area contributed by atoms with E-state index in [0.717, 1.165) is 0 Å². The molecule has 0 radical (unpaired) electrons. The summed E-state index contributed by atoms with van der Waals surface area (Å²) in [5.41, 5.74) is 4.72.